The summed E-state index contributed by atoms with van der Waals surface area (Å²) < 4.78 is 2.15. The zero-order chi connectivity index (χ0) is 13.1. The number of benzene rings is 1. The van der Waals surface area contributed by atoms with Gasteiger partial charge >= 0.3 is 0 Å². The molecule has 0 fully saturated rings. The number of unbranched alkanes of at least 4 members (excludes halogenated alkanes) is 1. The number of hydrogen-bond acceptors (Lipinski definition) is 3. The summed E-state index contributed by atoms with van der Waals surface area (Å²) in [7, 11) is 0. The first kappa shape index (κ1) is 12.4. The van der Waals surface area contributed by atoms with Crippen LogP contribution in [-0.4, -0.2) is 15.5 Å². The number of carbonyl (C=O) groups is 1. The number of primary amides is 1. The molecular weight excluding hydrogens is 228 g/mol. The van der Waals surface area contributed by atoms with Gasteiger partial charge < -0.3 is 16.0 Å². The molecule has 0 bridgehead atoms. The molecule has 2 aromatic rings. The molecule has 0 aliphatic heterocycles. The van der Waals surface area contributed by atoms with E-state index in [1.807, 2.05) is 25.1 Å². The Morgan fingerprint density at radius 1 is 1.39 bits per heavy atom. The number of nitrogens with zero attached hydrogens (tertiary/aromatic N) is 2. The predicted octanol–water partition coefficient (Wildman–Crippen LogP) is 1.58. The molecule has 2 rings (SSSR count). The normalized spacial score (nSPS) is 10.9. The number of nitrogens with two attached hydrogens (primary N) is 2. The molecule has 4 N–H and O–H groups in total. The summed E-state index contributed by atoms with van der Waals surface area (Å²) in [5.41, 5.74) is 13.6. The van der Waals surface area contributed by atoms with Gasteiger partial charge in [-0.2, -0.15) is 0 Å². The Balaban J connectivity index is 2.12. The van der Waals surface area contributed by atoms with Gasteiger partial charge in [0.2, 0.25) is 5.91 Å². The van der Waals surface area contributed by atoms with Gasteiger partial charge in [-0.1, -0.05) is 0 Å². The van der Waals surface area contributed by atoms with Crippen molar-refractivity contribution < 1.29 is 4.79 Å². The lowest BCUT2D eigenvalue weighted by molar-refractivity contribution is -0.118. The van der Waals surface area contributed by atoms with Crippen molar-refractivity contribution in [3.05, 3.63) is 24.0 Å². The molecule has 0 atom stereocenters. The molecular formula is C13H18N4O. The minimum Gasteiger partial charge on any atom is -0.399 e. The minimum atomic E-state index is -0.241. The van der Waals surface area contributed by atoms with Crippen molar-refractivity contribution >= 4 is 22.6 Å². The molecule has 0 spiro atoms. The second-order valence-electron chi connectivity index (χ2n) is 4.48. The van der Waals surface area contributed by atoms with E-state index in [1.165, 1.54) is 0 Å². The van der Waals surface area contributed by atoms with Crippen LogP contribution in [0, 0.1) is 6.92 Å². The van der Waals surface area contributed by atoms with Crippen LogP contribution in [0.15, 0.2) is 18.2 Å². The van der Waals surface area contributed by atoms with E-state index in [2.05, 4.69) is 9.55 Å². The second-order valence-corrected chi connectivity index (χ2v) is 4.48. The number of rotatable bonds is 5. The minimum absolute atomic E-state index is 0.241. The number of fused-ring (bicyclic) bond motifs is 1. The fourth-order valence-electron chi connectivity index (χ4n) is 2.12. The molecule has 18 heavy (non-hydrogen) atoms. The quantitative estimate of drug-likeness (QED) is 0.620. The van der Waals surface area contributed by atoms with Crippen LogP contribution in [0.2, 0.25) is 0 Å². The molecule has 0 aliphatic carbocycles. The number of aromatic nitrogens is 2. The Bertz CT molecular complexity index is 574. The summed E-state index contributed by atoms with van der Waals surface area (Å²) in [4.78, 5) is 15.1. The van der Waals surface area contributed by atoms with Gasteiger partial charge in [-0.15, -0.1) is 0 Å². The van der Waals surface area contributed by atoms with Crippen LogP contribution in [0.3, 0.4) is 0 Å². The highest BCUT2D eigenvalue weighted by Crippen LogP contribution is 2.19. The number of nitrogen functional groups attached to an aromatic ring is 1. The highest BCUT2D eigenvalue weighted by molar-refractivity contribution is 5.79. The molecule has 5 heteroatoms. The summed E-state index contributed by atoms with van der Waals surface area (Å²) >= 11 is 0. The van der Waals surface area contributed by atoms with Crippen molar-refractivity contribution in [2.24, 2.45) is 5.73 Å². The van der Waals surface area contributed by atoms with Crippen LogP contribution in [0.25, 0.3) is 11.0 Å². The third-order valence-electron chi connectivity index (χ3n) is 3.02. The van der Waals surface area contributed by atoms with Gasteiger partial charge in [0.25, 0.3) is 0 Å². The summed E-state index contributed by atoms with van der Waals surface area (Å²) in [6, 6.07) is 5.74. The Morgan fingerprint density at radius 3 is 2.89 bits per heavy atom. The first-order valence-corrected chi connectivity index (χ1v) is 6.08. The zero-order valence-corrected chi connectivity index (χ0v) is 10.5. The summed E-state index contributed by atoms with van der Waals surface area (Å²) in [6.45, 7) is 2.82. The maximum absolute atomic E-state index is 10.7. The first-order valence-electron chi connectivity index (χ1n) is 6.08. The van der Waals surface area contributed by atoms with Crippen molar-refractivity contribution in [1.29, 1.82) is 0 Å². The van der Waals surface area contributed by atoms with Crippen LogP contribution in [0.4, 0.5) is 5.69 Å². The lowest BCUT2D eigenvalue weighted by atomic mass is 10.2. The lowest BCUT2D eigenvalue weighted by Crippen LogP contribution is -2.10. The molecule has 5 nitrogen and oxygen atoms in total. The number of aryl methyl sites for hydroxylation is 2. The summed E-state index contributed by atoms with van der Waals surface area (Å²) in [5.74, 6) is 0.727. The van der Waals surface area contributed by atoms with E-state index in [0.29, 0.717) is 6.42 Å². The van der Waals surface area contributed by atoms with E-state index in [0.717, 1.165) is 41.9 Å². The number of imidazole rings is 1. The number of hydrogen-bond donors (Lipinski definition) is 2. The molecule has 96 valence electrons. The van der Waals surface area contributed by atoms with Gasteiger partial charge in [-0.25, -0.2) is 4.98 Å². The molecule has 0 saturated heterocycles. The van der Waals surface area contributed by atoms with Crippen LogP contribution >= 0.6 is 0 Å². The fraction of sp³-hybridized carbons (Fsp3) is 0.385. The van der Waals surface area contributed by atoms with Crippen molar-refractivity contribution in [3.63, 3.8) is 0 Å². The molecule has 0 aliphatic rings. The molecule has 1 amide bonds. The molecule has 1 aromatic heterocycles. The highest BCUT2D eigenvalue weighted by Gasteiger charge is 2.07. The lowest BCUT2D eigenvalue weighted by Gasteiger charge is -2.06. The molecule has 0 unspecified atom stereocenters. The van der Waals surface area contributed by atoms with E-state index < -0.39 is 0 Å². The fourth-order valence-corrected chi connectivity index (χ4v) is 2.12. The van der Waals surface area contributed by atoms with Crippen molar-refractivity contribution in [2.45, 2.75) is 32.7 Å². The van der Waals surface area contributed by atoms with E-state index in [-0.39, 0.29) is 5.91 Å². The third kappa shape index (κ3) is 2.61. The van der Waals surface area contributed by atoms with Gasteiger partial charge in [0.05, 0.1) is 11.0 Å². The van der Waals surface area contributed by atoms with Gasteiger partial charge in [-0.05, 0) is 38.0 Å². The maximum Gasteiger partial charge on any atom is 0.217 e. The van der Waals surface area contributed by atoms with E-state index in [4.69, 9.17) is 11.5 Å². The van der Waals surface area contributed by atoms with Crippen molar-refractivity contribution in [1.82, 2.24) is 9.55 Å². The SMILES string of the molecule is Cc1nc2cc(N)ccc2n1CCCCC(N)=O. The zero-order valence-electron chi connectivity index (χ0n) is 10.5. The maximum atomic E-state index is 10.7. The molecule has 0 saturated carbocycles. The molecule has 0 radical (unpaired) electrons. The average Bonchev–Trinajstić information content (AvgIpc) is 2.59. The molecule has 1 aromatic carbocycles. The third-order valence-corrected chi connectivity index (χ3v) is 3.02. The number of anilines is 1. The highest BCUT2D eigenvalue weighted by atomic mass is 16.1. The second kappa shape index (κ2) is 5.08. The van der Waals surface area contributed by atoms with Gasteiger partial charge in [-0.3, -0.25) is 4.79 Å². The Labute approximate surface area is 106 Å². The van der Waals surface area contributed by atoms with Crippen LogP contribution in [-0.2, 0) is 11.3 Å². The number of carbonyl (C=O) groups excluding carboxylic acids is 1. The molecule has 1 heterocycles. The Morgan fingerprint density at radius 2 is 2.17 bits per heavy atom. The largest absolute Gasteiger partial charge is 0.399 e. The average molecular weight is 246 g/mol. The standard InChI is InChI=1S/C13H18N4O/c1-9-16-11-8-10(14)5-6-12(11)17(9)7-3-2-4-13(15)18/h5-6,8H,2-4,7,14H2,1H3,(H2,15,18). The van der Waals surface area contributed by atoms with Crippen LogP contribution in [0.1, 0.15) is 25.1 Å². The predicted molar refractivity (Wildman–Crippen MR) is 71.9 cm³/mol. The Kier molecular flexibility index (Phi) is 3.50. The summed E-state index contributed by atoms with van der Waals surface area (Å²) in [5, 5.41) is 0. The van der Waals surface area contributed by atoms with E-state index >= 15 is 0 Å². The first-order chi connectivity index (χ1) is 8.58. The monoisotopic (exact) mass is 246 g/mol. The van der Waals surface area contributed by atoms with Crippen LogP contribution < -0.4 is 11.5 Å². The van der Waals surface area contributed by atoms with Crippen LogP contribution in [0.5, 0.6) is 0 Å². The van der Waals surface area contributed by atoms with Crippen molar-refractivity contribution in [2.75, 3.05) is 5.73 Å². The van der Waals surface area contributed by atoms with Gasteiger partial charge in [0, 0.05) is 18.7 Å². The van der Waals surface area contributed by atoms with Gasteiger partial charge in [0.1, 0.15) is 5.82 Å². The van der Waals surface area contributed by atoms with Crippen molar-refractivity contribution in [3.8, 4) is 0 Å². The van der Waals surface area contributed by atoms with E-state index in [9.17, 15) is 4.79 Å². The Hall–Kier alpha value is -2.04. The van der Waals surface area contributed by atoms with Gasteiger partial charge in [0.15, 0.2) is 0 Å². The number of amides is 1. The van der Waals surface area contributed by atoms with E-state index in [1.54, 1.807) is 0 Å². The smallest absolute Gasteiger partial charge is 0.217 e. The topological polar surface area (TPSA) is 86.9 Å². The summed E-state index contributed by atoms with van der Waals surface area (Å²) in [6.07, 6.45) is 2.17.